The maximum absolute atomic E-state index is 13.3. The number of ketones is 1. The summed E-state index contributed by atoms with van der Waals surface area (Å²) >= 11 is 8.60. The molecule has 0 aliphatic rings. The SMILES string of the molecule is O=C(Cc1ccc(F)c(Br)c1)c1ccc(Cl)c(F)c1. The van der Waals surface area contributed by atoms with Crippen LogP contribution in [0.15, 0.2) is 40.9 Å². The van der Waals surface area contributed by atoms with Crippen LogP contribution < -0.4 is 0 Å². The van der Waals surface area contributed by atoms with E-state index in [1.54, 1.807) is 0 Å². The van der Waals surface area contributed by atoms with Crippen molar-refractivity contribution in [2.45, 2.75) is 6.42 Å². The largest absolute Gasteiger partial charge is 0.294 e. The van der Waals surface area contributed by atoms with Crippen molar-refractivity contribution >= 4 is 33.3 Å². The third kappa shape index (κ3) is 3.39. The van der Waals surface area contributed by atoms with E-state index in [9.17, 15) is 13.6 Å². The molecular formula is C14H8BrClF2O. The first kappa shape index (κ1) is 14.2. The van der Waals surface area contributed by atoms with Gasteiger partial charge in [0.15, 0.2) is 5.78 Å². The van der Waals surface area contributed by atoms with Gasteiger partial charge in [-0.1, -0.05) is 17.7 Å². The third-order valence-electron chi connectivity index (χ3n) is 2.59. The van der Waals surface area contributed by atoms with Gasteiger partial charge in [-0.25, -0.2) is 8.78 Å². The lowest BCUT2D eigenvalue weighted by Crippen LogP contribution is -2.04. The van der Waals surface area contributed by atoms with Crippen molar-refractivity contribution < 1.29 is 13.6 Å². The van der Waals surface area contributed by atoms with Crippen LogP contribution in [0.4, 0.5) is 8.78 Å². The number of hydrogen-bond acceptors (Lipinski definition) is 1. The summed E-state index contributed by atoms with van der Waals surface area (Å²) in [6.07, 6.45) is 0.0694. The van der Waals surface area contributed by atoms with E-state index in [1.165, 1.54) is 30.3 Å². The topological polar surface area (TPSA) is 17.1 Å². The fourth-order valence-electron chi connectivity index (χ4n) is 1.61. The summed E-state index contributed by atoms with van der Waals surface area (Å²) < 4.78 is 26.6. The molecule has 0 saturated carbocycles. The molecule has 2 aromatic rings. The van der Waals surface area contributed by atoms with Gasteiger partial charge in [-0.05, 0) is 51.8 Å². The third-order valence-corrected chi connectivity index (χ3v) is 3.50. The lowest BCUT2D eigenvalue weighted by molar-refractivity contribution is 0.0992. The lowest BCUT2D eigenvalue weighted by Gasteiger charge is -2.04. The van der Waals surface area contributed by atoms with E-state index in [-0.39, 0.29) is 22.8 Å². The zero-order valence-electron chi connectivity index (χ0n) is 9.59. The Kier molecular flexibility index (Phi) is 4.32. The van der Waals surface area contributed by atoms with Gasteiger partial charge in [0.25, 0.3) is 0 Å². The van der Waals surface area contributed by atoms with E-state index in [4.69, 9.17) is 11.6 Å². The van der Waals surface area contributed by atoms with E-state index in [0.29, 0.717) is 10.0 Å². The molecule has 2 rings (SSSR count). The molecule has 0 amide bonds. The fraction of sp³-hybridized carbons (Fsp3) is 0.0714. The normalized spacial score (nSPS) is 10.5. The van der Waals surface area contributed by atoms with Gasteiger partial charge in [-0.3, -0.25) is 4.79 Å². The Labute approximate surface area is 122 Å². The highest BCUT2D eigenvalue weighted by Gasteiger charge is 2.11. The van der Waals surface area contributed by atoms with Crippen LogP contribution in [0, 0.1) is 11.6 Å². The van der Waals surface area contributed by atoms with Gasteiger partial charge in [0, 0.05) is 12.0 Å². The van der Waals surface area contributed by atoms with Crippen molar-refractivity contribution in [1.82, 2.24) is 0 Å². The highest BCUT2D eigenvalue weighted by Crippen LogP contribution is 2.20. The monoisotopic (exact) mass is 344 g/mol. The number of hydrogen-bond donors (Lipinski definition) is 0. The molecule has 2 aromatic carbocycles. The summed E-state index contributed by atoms with van der Waals surface area (Å²) in [5, 5.41) is -0.0268. The number of carbonyl (C=O) groups excluding carboxylic acids is 1. The zero-order valence-corrected chi connectivity index (χ0v) is 11.9. The molecule has 0 saturated heterocycles. The van der Waals surface area contributed by atoms with E-state index in [2.05, 4.69) is 15.9 Å². The van der Waals surface area contributed by atoms with E-state index in [0.717, 1.165) is 6.07 Å². The average Bonchev–Trinajstić information content (AvgIpc) is 2.37. The van der Waals surface area contributed by atoms with E-state index in [1.807, 2.05) is 0 Å². The number of Topliss-reactive ketones (excluding diaryl/α,β-unsaturated/α-hetero) is 1. The minimum absolute atomic E-state index is 0.0268. The van der Waals surface area contributed by atoms with Crippen molar-refractivity contribution in [2.75, 3.05) is 0 Å². The number of rotatable bonds is 3. The summed E-state index contributed by atoms with van der Waals surface area (Å²) in [4.78, 5) is 12.0. The second-order valence-corrected chi connectivity index (χ2v) is 5.24. The van der Waals surface area contributed by atoms with Gasteiger partial charge < -0.3 is 0 Å². The van der Waals surface area contributed by atoms with Crippen molar-refractivity contribution in [3.05, 3.63) is 68.7 Å². The van der Waals surface area contributed by atoms with Crippen molar-refractivity contribution in [3.8, 4) is 0 Å². The zero-order chi connectivity index (χ0) is 14.0. The van der Waals surface area contributed by atoms with Crippen LogP contribution >= 0.6 is 27.5 Å². The molecule has 0 spiro atoms. The molecule has 5 heteroatoms. The minimum atomic E-state index is -0.632. The predicted octanol–water partition coefficient (Wildman–Crippen LogP) is 4.81. The Bertz CT molecular complexity index is 643. The molecule has 0 aliphatic carbocycles. The molecular weight excluding hydrogens is 338 g/mol. The van der Waals surface area contributed by atoms with Crippen LogP contribution in [0.2, 0.25) is 5.02 Å². The van der Waals surface area contributed by atoms with Crippen LogP contribution in [-0.2, 0) is 6.42 Å². The first-order valence-corrected chi connectivity index (χ1v) is 6.56. The second kappa shape index (κ2) is 5.80. The smallest absolute Gasteiger partial charge is 0.167 e. The molecule has 0 radical (unpaired) electrons. The summed E-state index contributed by atoms with van der Waals surface area (Å²) in [6, 6.07) is 8.22. The maximum atomic E-state index is 13.3. The van der Waals surface area contributed by atoms with Gasteiger partial charge in [-0.2, -0.15) is 0 Å². The summed E-state index contributed by atoms with van der Waals surface area (Å²) in [5.74, 6) is -1.28. The van der Waals surface area contributed by atoms with Gasteiger partial charge in [-0.15, -0.1) is 0 Å². The Morgan fingerprint density at radius 3 is 2.47 bits per heavy atom. The lowest BCUT2D eigenvalue weighted by atomic mass is 10.0. The number of benzene rings is 2. The maximum Gasteiger partial charge on any atom is 0.167 e. The molecule has 0 unspecified atom stereocenters. The average molecular weight is 346 g/mol. The summed E-state index contributed by atoms with van der Waals surface area (Å²) in [7, 11) is 0. The van der Waals surface area contributed by atoms with Crippen LogP contribution in [0.1, 0.15) is 15.9 Å². The number of halogens is 4. The van der Waals surface area contributed by atoms with Gasteiger partial charge in [0.05, 0.1) is 9.50 Å². The Hall–Kier alpha value is -1.26. The van der Waals surface area contributed by atoms with Gasteiger partial charge in [0.2, 0.25) is 0 Å². The van der Waals surface area contributed by atoms with Gasteiger partial charge >= 0.3 is 0 Å². The second-order valence-electron chi connectivity index (χ2n) is 3.98. The first-order valence-electron chi connectivity index (χ1n) is 5.39. The van der Waals surface area contributed by atoms with Crippen LogP contribution in [0.3, 0.4) is 0 Å². The molecule has 0 atom stereocenters. The van der Waals surface area contributed by atoms with Gasteiger partial charge in [0.1, 0.15) is 11.6 Å². The quantitative estimate of drug-likeness (QED) is 0.730. The standard InChI is InChI=1S/C14H8BrClF2O/c15-10-5-8(1-4-12(10)17)6-14(19)9-2-3-11(16)13(18)7-9/h1-5,7H,6H2. The molecule has 0 aliphatic heterocycles. The Morgan fingerprint density at radius 1 is 1.11 bits per heavy atom. The summed E-state index contributed by atoms with van der Waals surface area (Å²) in [5.41, 5.74) is 0.885. The highest BCUT2D eigenvalue weighted by molar-refractivity contribution is 9.10. The predicted molar refractivity (Wildman–Crippen MR) is 73.5 cm³/mol. The molecule has 0 N–H and O–H groups in total. The molecule has 19 heavy (non-hydrogen) atoms. The molecule has 1 nitrogen and oxygen atoms in total. The molecule has 0 fully saturated rings. The molecule has 98 valence electrons. The summed E-state index contributed by atoms with van der Waals surface area (Å²) in [6.45, 7) is 0. The first-order chi connectivity index (χ1) is 8.97. The Balaban J connectivity index is 2.20. The molecule has 0 aromatic heterocycles. The van der Waals surface area contributed by atoms with Crippen molar-refractivity contribution in [1.29, 1.82) is 0 Å². The van der Waals surface area contributed by atoms with E-state index < -0.39 is 11.6 Å². The van der Waals surface area contributed by atoms with E-state index >= 15 is 0 Å². The van der Waals surface area contributed by atoms with Crippen molar-refractivity contribution in [2.24, 2.45) is 0 Å². The van der Waals surface area contributed by atoms with Crippen LogP contribution in [0.25, 0.3) is 0 Å². The number of carbonyl (C=O) groups is 1. The molecule has 0 heterocycles. The minimum Gasteiger partial charge on any atom is -0.294 e. The van der Waals surface area contributed by atoms with Crippen LogP contribution in [0.5, 0.6) is 0 Å². The molecule has 0 bridgehead atoms. The highest BCUT2D eigenvalue weighted by atomic mass is 79.9. The fourth-order valence-corrected chi connectivity index (χ4v) is 2.15. The van der Waals surface area contributed by atoms with Crippen LogP contribution in [-0.4, -0.2) is 5.78 Å². The van der Waals surface area contributed by atoms with Crippen molar-refractivity contribution in [3.63, 3.8) is 0 Å². The Morgan fingerprint density at radius 2 is 1.84 bits per heavy atom.